The molecule has 0 aliphatic heterocycles. The third-order valence-corrected chi connectivity index (χ3v) is 3.06. The van der Waals surface area contributed by atoms with Crippen LogP contribution in [-0.2, 0) is 25.9 Å². The molecule has 5 nitrogen and oxygen atoms in total. The van der Waals surface area contributed by atoms with Crippen molar-refractivity contribution in [2.45, 2.75) is 39.3 Å². The van der Waals surface area contributed by atoms with E-state index in [4.69, 9.17) is 0 Å². The Bertz CT molecular complexity index is 532. The number of aromatic nitrogens is 4. The van der Waals surface area contributed by atoms with E-state index in [1.54, 1.807) is 12.5 Å². The molecule has 0 aliphatic rings. The minimum atomic E-state index is 0.508. The van der Waals surface area contributed by atoms with Crippen LogP contribution in [0.5, 0.6) is 0 Å². The molecule has 0 aromatic carbocycles. The molecule has 0 aliphatic carbocycles. The first kappa shape index (κ1) is 13.4. The predicted octanol–water partition coefficient (Wildman–Crippen LogP) is 2.07. The van der Waals surface area contributed by atoms with Crippen molar-refractivity contribution in [3.05, 3.63) is 41.7 Å². The van der Waals surface area contributed by atoms with Crippen LogP contribution >= 0.6 is 0 Å². The van der Waals surface area contributed by atoms with E-state index in [1.165, 1.54) is 5.56 Å². The van der Waals surface area contributed by atoms with Crippen molar-refractivity contribution < 1.29 is 0 Å². The summed E-state index contributed by atoms with van der Waals surface area (Å²) in [5.74, 6) is 0. The van der Waals surface area contributed by atoms with Crippen molar-refractivity contribution in [3.63, 3.8) is 0 Å². The molecule has 0 spiro atoms. The number of hydrogen-bond acceptors (Lipinski definition) is 4. The molecule has 0 fully saturated rings. The standard InChI is InChI=1S/C14H19N5/c1-3-4-12-9-16-10-17-14(12)6-5-13-7-8-18-19(13)11-15-2/h7-10H,2-6,11H2,1H3. The summed E-state index contributed by atoms with van der Waals surface area (Å²) < 4.78 is 1.87. The number of hydrogen-bond donors (Lipinski definition) is 0. The van der Waals surface area contributed by atoms with E-state index in [0.717, 1.165) is 37.1 Å². The Morgan fingerprint density at radius 1 is 1.32 bits per heavy atom. The minimum Gasteiger partial charge on any atom is -0.278 e. The van der Waals surface area contributed by atoms with E-state index in [2.05, 4.69) is 33.7 Å². The lowest BCUT2D eigenvalue weighted by Crippen LogP contribution is -2.07. The van der Waals surface area contributed by atoms with Crippen LogP contribution in [-0.4, -0.2) is 26.5 Å². The van der Waals surface area contributed by atoms with Crippen LogP contribution in [0.15, 0.2) is 29.8 Å². The molecule has 0 saturated carbocycles. The van der Waals surface area contributed by atoms with Gasteiger partial charge >= 0.3 is 0 Å². The second-order valence-electron chi connectivity index (χ2n) is 4.43. The van der Waals surface area contributed by atoms with Crippen molar-refractivity contribution in [2.75, 3.05) is 0 Å². The molecule has 2 rings (SSSR count). The fourth-order valence-electron chi connectivity index (χ4n) is 2.13. The maximum absolute atomic E-state index is 4.40. The molecule has 2 aromatic rings. The average molecular weight is 257 g/mol. The molecule has 0 atom stereocenters. The molecule has 0 amide bonds. The third kappa shape index (κ3) is 3.47. The maximum atomic E-state index is 4.40. The van der Waals surface area contributed by atoms with Gasteiger partial charge in [-0.15, -0.1) is 0 Å². The van der Waals surface area contributed by atoms with E-state index in [9.17, 15) is 0 Å². The minimum absolute atomic E-state index is 0.508. The van der Waals surface area contributed by atoms with Crippen LogP contribution in [0.25, 0.3) is 0 Å². The van der Waals surface area contributed by atoms with Gasteiger partial charge in [0.1, 0.15) is 13.0 Å². The summed E-state index contributed by atoms with van der Waals surface area (Å²) in [6.45, 7) is 6.18. The van der Waals surface area contributed by atoms with Crippen molar-refractivity contribution in [3.8, 4) is 0 Å². The highest BCUT2D eigenvalue weighted by Gasteiger charge is 2.06. The zero-order valence-electron chi connectivity index (χ0n) is 11.3. The first-order valence-electron chi connectivity index (χ1n) is 6.56. The fraction of sp³-hybridized carbons (Fsp3) is 0.429. The van der Waals surface area contributed by atoms with Gasteiger partial charge in [-0.1, -0.05) is 13.3 Å². The van der Waals surface area contributed by atoms with Crippen molar-refractivity contribution in [1.82, 2.24) is 19.7 Å². The summed E-state index contributed by atoms with van der Waals surface area (Å²) in [5, 5.41) is 4.23. The first-order valence-corrected chi connectivity index (χ1v) is 6.56. The Morgan fingerprint density at radius 3 is 3.00 bits per heavy atom. The molecule has 0 radical (unpaired) electrons. The van der Waals surface area contributed by atoms with Crippen LogP contribution in [0.4, 0.5) is 0 Å². The summed E-state index contributed by atoms with van der Waals surface area (Å²) >= 11 is 0. The summed E-state index contributed by atoms with van der Waals surface area (Å²) in [4.78, 5) is 12.4. The first-order chi connectivity index (χ1) is 9.35. The Balaban J connectivity index is 2.05. The van der Waals surface area contributed by atoms with E-state index in [0.29, 0.717) is 6.67 Å². The smallest absolute Gasteiger partial charge is 0.130 e. The van der Waals surface area contributed by atoms with Gasteiger partial charge < -0.3 is 0 Å². The molecule has 2 aromatic heterocycles. The van der Waals surface area contributed by atoms with Gasteiger partial charge in [0.15, 0.2) is 0 Å². The van der Waals surface area contributed by atoms with Crippen LogP contribution in [0.2, 0.25) is 0 Å². The molecule has 0 bridgehead atoms. The van der Waals surface area contributed by atoms with Crippen LogP contribution in [0.1, 0.15) is 30.3 Å². The number of aryl methyl sites for hydroxylation is 3. The molecule has 19 heavy (non-hydrogen) atoms. The Kier molecular flexibility index (Phi) is 4.78. The molecule has 100 valence electrons. The van der Waals surface area contributed by atoms with Gasteiger partial charge in [0.25, 0.3) is 0 Å². The molecule has 0 N–H and O–H groups in total. The molecule has 0 saturated heterocycles. The van der Waals surface area contributed by atoms with Gasteiger partial charge in [-0.3, -0.25) is 4.99 Å². The highest BCUT2D eigenvalue weighted by molar-refractivity contribution is 5.22. The normalized spacial score (nSPS) is 10.6. The zero-order valence-corrected chi connectivity index (χ0v) is 11.3. The SMILES string of the molecule is C=NCn1nccc1CCc1ncncc1CCC. The van der Waals surface area contributed by atoms with E-state index < -0.39 is 0 Å². The van der Waals surface area contributed by atoms with Gasteiger partial charge in [0.05, 0.1) is 0 Å². The van der Waals surface area contributed by atoms with Crippen LogP contribution < -0.4 is 0 Å². The summed E-state index contributed by atoms with van der Waals surface area (Å²) in [6.07, 6.45) is 9.30. The zero-order chi connectivity index (χ0) is 13.5. The second-order valence-corrected chi connectivity index (χ2v) is 4.43. The third-order valence-electron chi connectivity index (χ3n) is 3.06. The number of aliphatic imine (C=N–C) groups is 1. The van der Waals surface area contributed by atoms with Crippen molar-refractivity contribution in [1.29, 1.82) is 0 Å². The largest absolute Gasteiger partial charge is 0.278 e. The lowest BCUT2D eigenvalue weighted by molar-refractivity contribution is 0.603. The lowest BCUT2D eigenvalue weighted by Gasteiger charge is -2.07. The fourth-order valence-corrected chi connectivity index (χ4v) is 2.13. The monoisotopic (exact) mass is 257 g/mol. The molecular weight excluding hydrogens is 238 g/mol. The highest BCUT2D eigenvalue weighted by Crippen LogP contribution is 2.11. The van der Waals surface area contributed by atoms with E-state index in [1.807, 2.05) is 16.9 Å². The number of rotatable bonds is 7. The van der Waals surface area contributed by atoms with Gasteiger partial charge in [-0.05, 0) is 37.6 Å². The van der Waals surface area contributed by atoms with Gasteiger partial charge in [-0.25, -0.2) is 14.6 Å². The maximum Gasteiger partial charge on any atom is 0.130 e. The van der Waals surface area contributed by atoms with Crippen molar-refractivity contribution >= 4 is 6.72 Å². The lowest BCUT2D eigenvalue weighted by atomic mass is 10.1. The van der Waals surface area contributed by atoms with Crippen LogP contribution in [0.3, 0.4) is 0 Å². The van der Waals surface area contributed by atoms with Gasteiger partial charge in [0, 0.05) is 23.8 Å². The van der Waals surface area contributed by atoms with Crippen molar-refractivity contribution in [2.24, 2.45) is 4.99 Å². The molecule has 5 heteroatoms. The average Bonchev–Trinajstić information content (AvgIpc) is 2.86. The Morgan fingerprint density at radius 2 is 2.21 bits per heavy atom. The topological polar surface area (TPSA) is 56.0 Å². The molecule has 0 unspecified atom stereocenters. The quantitative estimate of drug-likeness (QED) is 0.713. The van der Waals surface area contributed by atoms with E-state index in [-0.39, 0.29) is 0 Å². The second kappa shape index (κ2) is 6.78. The molecular formula is C14H19N5. The summed E-state index contributed by atoms with van der Waals surface area (Å²) in [7, 11) is 0. The number of nitrogens with zero attached hydrogens (tertiary/aromatic N) is 5. The summed E-state index contributed by atoms with van der Waals surface area (Å²) in [6, 6.07) is 2.02. The van der Waals surface area contributed by atoms with Crippen LogP contribution in [0, 0.1) is 0 Å². The predicted molar refractivity (Wildman–Crippen MR) is 75.2 cm³/mol. The van der Waals surface area contributed by atoms with Gasteiger partial charge in [-0.2, -0.15) is 5.10 Å². The molecule has 2 heterocycles. The Labute approximate surface area is 113 Å². The Hall–Kier alpha value is -2.04. The van der Waals surface area contributed by atoms with E-state index >= 15 is 0 Å². The van der Waals surface area contributed by atoms with Gasteiger partial charge in [0.2, 0.25) is 0 Å². The summed E-state index contributed by atoms with van der Waals surface area (Å²) in [5.41, 5.74) is 3.54. The highest BCUT2D eigenvalue weighted by atomic mass is 15.3.